The molecule has 5 rings (SSSR count). The summed E-state index contributed by atoms with van der Waals surface area (Å²) in [4.78, 5) is 9.49. The lowest BCUT2D eigenvalue weighted by Crippen LogP contribution is -2.35. The van der Waals surface area contributed by atoms with Crippen LogP contribution >= 0.6 is 0 Å². The molecule has 1 aliphatic carbocycles. The average molecular weight is 425 g/mol. The van der Waals surface area contributed by atoms with E-state index in [1.165, 1.54) is 24.0 Å². The standard InChI is InChI=1S/C28H32N4/c1-19-9-8-12-23(14-19)32-17-24(21-10-6-5-7-11-21)25-26(29-18-30-27(25)32)31-22-13-20(2)15-28(3,4)16-22/h5-12,14,17-18,20,22H,13,15-16H2,1-4H3,(H,29,30,31)/t20-,22+/m0/s1. The summed E-state index contributed by atoms with van der Waals surface area (Å²) in [5.41, 5.74) is 5.98. The molecule has 0 radical (unpaired) electrons. The first-order valence-electron chi connectivity index (χ1n) is 11.6. The van der Waals surface area contributed by atoms with Crippen LogP contribution in [0.2, 0.25) is 0 Å². The molecule has 2 heterocycles. The van der Waals surface area contributed by atoms with E-state index in [9.17, 15) is 0 Å². The fraction of sp³-hybridized carbons (Fsp3) is 0.357. The number of nitrogens with zero attached hydrogens (tertiary/aromatic N) is 3. The Bertz CT molecular complexity index is 1240. The number of nitrogens with one attached hydrogen (secondary N) is 1. The van der Waals surface area contributed by atoms with Gasteiger partial charge in [0.25, 0.3) is 0 Å². The summed E-state index contributed by atoms with van der Waals surface area (Å²) in [7, 11) is 0. The van der Waals surface area contributed by atoms with E-state index < -0.39 is 0 Å². The Labute approximate surface area is 190 Å². The first-order chi connectivity index (χ1) is 15.4. The van der Waals surface area contributed by atoms with Gasteiger partial charge in [-0.15, -0.1) is 0 Å². The molecule has 2 atom stereocenters. The van der Waals surface area contributed by atoms with E-state index in [2.05, 4.69) is 98.4 Å². The van der Waals surface area contributed by atoms with Gasteiger partial charge in [0.1, 0.15) is 12.1 Å². The Morgan fingerprint density at radius 2 is 1.81 bits per heavy atom. The van der Waals surface area contributed by atoms with Crippen molar-refractivity contribution in [3.63, 3.8) is 0 Å². The highest BCUT2D eigenvalue weighted by Crippen LogP contribution is 2.41. The predicted molar refractivity (Wildman–Crippen MR) is 133 cm³/mol. The summed E-state index contributed by atoms with van der Waals surface area (Å²) in [6.45, 7) is 9.27. The number of aryl methyl sites for hydroxylation is 1. The smallest absolute Gasteiger partial charge is 0.150 e. The van der Waals surface area contributed by atoms with Crippen LogP contribution in [0.4, 0.5) is 5.82 Å². The molecule has 1 aliphatic rings. The number of benzene rings is 2. The molecular formula is C28H32N4. The molecule has 4 nitrogen and oxygen atoms in total. The second kappa shape index (κ2) is 8.09. The van der Waals surface area contributed by atoms with Crippen LogP contribution in [0, 0.1) is 18.3 Å². The Morgan fingerprint density at radius 3 is 2.56 bits per heavy atom. The van der Waals surface area contributed by atoms with Crippen LogP contribution in [-0.4, -0.2) is 20.6 Å². The SMILES string of the molecule is Cc1cccc(-n2cc(-c3ccccc3)c3c(N[C@@H]4C[C@H](C)CC(C)(C)C4)ncnc32)c1. The number of hydrogen-bond donors (Lipinski definition) is 1. The highest BCUT2D eigenvalue weighted by Gasteiger charge is 2.32. The lowest BCUT2D eigenvalue weighted by atomic mass is 9.70. The Balaban J connectivity index is 1.66. The Hall–Kier alpha value is -3.14. The first kappa shape index (κ1) is 20.7. The van der Waals surface area contributed by atoms with Gasteiger partial charge in [-0.3, -0.25) is 0 Å². The molecule has 4 aromatic rings. The van der Waals surface area contributed by atoms with Crippen LogP contribution in [0.3, 0.4) is 0 Å². The lowest BCUT2D eigenvalue weighted by Gasteiger charge is -2.39. The van der Waals surface area contributed by atoms with Gasteiger partial charge in [-0.1, -0.05) is 63.2 Å². The van der Waals surface area contributed by atoms with Crippen LogP contribution < -0.4 is 5.32 Å². The van der Waals surface area contributed by atoms with Crippen molar-refractivity contribution in [2.75, 3.05) is 5.32 Å². The highest BCUT2D eigenvalue weighted by atomic mass is 15.1. The third-order valence-corrected chi connectivity index (χ3v) is 6.68. The number of anilines is 1. The zero-order valence-electron chi connectivity index (χ0n) is 19.5. The number of rotatable bonds is 4. The van der Waals surface area contributed by atoms with E-state index in [4.69, 9.17) is 9.97 Å². The maximum atomic E-state index is 4.75. The van der Waals surface area contributed by atoms with Gasteiger partial charge in [0.05, 0.1) is 5.39 Å². The summed E-state index contributed by atoms with van der Waals surface area (Å²) in [6.07, 6.45) is 7.52. The molecule has 0 aliphatic heterocycles. The van der Waals surface area contributed by atoms with Gasteiger partial charge >= 0.3 is 0 Å². The second-order valence-corrected chi connectivity index (χ2v) is 10.3. The molecule has 164 valence electrons. The third-order valence-electron chi connectivity index (χ3n) is 6.68. The molecular weight excluding hydrogens is 392 g/mol. The first-order valence-corrected chi connectivity index (χ1v) is 11.6. The summed E-state index contributed by atoms with van der Waals surface area (Å²) in [5, 5.41) is 4.93. The molecule has 1 N–H and O–H groups in total. The van der Waals surface area contributed by atoms with Crippen molar-refractivity contribution >= 4 is 16.9 Å². The maximum absolute atomic E-state index is 4.75. The number of fused-ring (bicyclic) bond motifs is 1. The second-order valence-electron chi connectivity index (χ2n) is 10.3. The van der Waals surface area contributed by atoms with Crippen molar-refractivity contribution in [2.24, 2.45) is 11.3 Å². The fourth-order valence-corrected chi connectivity index (χ4v) is 5.63. The van der Waals surface area contributed by atoms with Gasteiger partial charge in [0, 0.05) is 23.5 Å². The minimum Gasteiger partial charge on any atom is -0.367 e. The van der Waals surface area contributed by atoms with E-state index in [0.717, 1.165) is 34.5 Å². The van der Waals surface area contributed by atoms with Gasteiger partial charge in [0.15, 0.2) is 5.65 Å². The van der Waals surface area contributed by atoms with Gasteiger partial charge in [-0.25, -0.2) is 9.97 Å². The predicted octanol–water partition coefficient (Wildman–Crippen LogP) is 7.02. The summed E-state index contributed by atoms with van der Waals surface area (Å²) in [5.74, 6) is 1.65. The van der Waals surface area contributed by atoms with E-state index in [1.807, 2.05) is 0 Å². The van der Waals surface area contributed by atoms with Crippen LogP contribution in [-0.2, 0) is 0 Å². The van der Waals surface area contributed by atoms with Crippen LogP contribution in [0.5, 0.6) is 0 Å². The molecule has 2 aromatic heterocycles. The molecule has 0 spiro atoms. The van der Waals surface area contributed by atoms with E-state index >= 15 is 0 Å². The lowest BCUT2D eigenvalue weighted by molar-refractivity contribution is 0.178. The van der Waals surface area contributed by atoms with E-state index in [-0.39, 0.29) is 0 Å². The molecule has 1 saturated carbocycles. The normalized spacial score (nSPS) is 20.4. The molecule has 2 aromatic carbocycles. The molecule has 32 heavy (non-hydrogen) atoms. The van der Waals surface area contributed by atoms with Crippen LogP contribution in [0.25, 0.3) is 27.8 Å². The Morgan fingerprint density at radius 1 is 1.00 bits per heavy atom. The van der Waals surface area contributed by atoms with Gasteiger partial charge in [0.2, 0.25) is 0 Å². The highest BCUT2D eigenvalue weighted by molar-refractivity contribution is 6.02. The zero-order chi connectivity index (χ0) is 22.3. The third kappa shape index (κ3) is 4.02. The molecule has 0 bridgehead atoms. The number of aromatic nitrogens is 3. The van der Waals surface area contributed by atoms with Crippen LogP contribution in [0.15, 0.2) is 67.1 Å². The monoisotopic (exact) mass is 424 g/mol. The van der Waals surface area contributed by atoms with Gasteiger partial charge in [-0.05, 0) is 60.8 Å². The van der Waals surface area contributed by atoms with Gasteiger partial charge < -0.3 is 9.88 Å². The van der Waals surface area contributed by atoms with Crippen molar-refractivity contribution in [1.29, 1.82) is 0 Å². The van der Waals surface area contributed by atoms with Crippen molar-refractivity contribution in [2.45, 2.75) is 53.0 Å². The van der Waals surface area contributed by atoms with Gasteiger partial charge in [-0.2, -0.15) is 0 Å². The minimum atomic E-state index is 0.344. The van der Waals surface area contributed by atoms with Crippen LogP contribution in [0.1, 0.15) is 45.6 Å². The molecule has 0 unspecified atom stereocenters. The van der Waals surface area contributed by atoms with E-state index in [0.29, 0.717) is 17.4 Å². The average Bonchev–Trinajstić information content (AvgIpc) is 3.14. The minimum absolute atomic E-state index is 0.344. The fourth-order valence-electron chi connectivity index (χ4n) is 5.63. The van der Waals surface area contributed by atoms with Crippen molar-refractivity contribution in [1.82, 2.24) is 14.5 Å². The number of hydrogen-bond acceptors (Lipinski definition) is 3. The zero-order valence-corrected chi connectivity index (χ0v) is 19.5. The van der Waals surface area contributed by atoms with Crippen molar-refractivity contribution in [3.8, 4) is 16.8 Å². The Kier molecular flexibility index (Phi) is 5.24. The van der Waals surface area contributed by atoms with Crippen molar-refractivity contribution < 1.29 is 0 Å². The molecule has 1 fully saturated rings. The largest absolute Gasteiger partial charge is 0.367 e. The summed E-state index contributed by atoms with van der Waals surface area (Å²) >= 11 is 0. The summed E-state index contributed by atoms with van der Waals surface area (Å²) < 4.78 is 2.20. The van der Waals surface area contributed by atoms with Crippen molar-refractivity contribution in [3.05, 3.63) is 72.7 Å². The molecule has 0 saturated heterocycles. The molecule has 4 heteroatoms. The quantitative estimate of drug-likeness (QED) is 0.383. The summed E-state index contributed by atoms with van der Waals surface area (Å²) in [6, 6.07) is 19.6. The maximum Gasteiger partial charge on any atom is 0.150 e. The van der Waals surface area contributed by atoms with E-state index in [1.54, 1.807) is 6.33 Å². The topological polar surface area (TPSA) is 42.7 Å². The molecule has 0 amide bonds.